The molecule has 1 aliphatic rings. The molecule has 118 valence electrons. The molecule has 4 nitrogen and oxygen atoms in total. The standard InChI is InChI=1S/C16H26N2O2S/c1-3-15-7-6-13(10-17)9-16(15)21(19,20)18-11-14-5-4-12(2)8-14/h6-7,9,12,14,18H,3-5,8,10-11,17H2,1-2H3. The molecule has 0 radical (unpaired) electrons. The quantitative estimate of drug-likeness (QED) is 0.847. The molecule has 0 bridgehead atoms. The van der Waals surface area contributed by atoms with Crippen LogP contribution in [0.15, 0.2) is 23.1 Å². The lowest BCUT2D eigenvalue weighted by atomic mass is 10.1. The highest BCUT2D eigenvalue weighted by Crippen LogP contribution is 2.30. The van der Waals surface area contributed by atoms with Gasteiger partial charge in [-0.2, -0.15) is 0 Å². The second-order valence-electron chi connectivity index (χ2n) is 6.14. The van der Waals surface area contributed by atoms with Crippen LogP contribution in [0.3, 0.4) is 0 Å². The first-order chi connectivity index (χ1) is 9.96. The van der Waals surface area contributed by atoms with E-state index in [-0.39, 0.29) is 0 Å². The maximum Gasteiger partial charge on any atom is 0.240 e. The van der Waals surface area contributed by atoms with Gasteiger partial charge in [0, 0.05) is 13.1 Å². The Kier molecular flexibility index (Phi) is 5.41. The lowest BCUT2D eigenvalue weighted by Gasteiger charge is -2.14. The normalized spacial score (nSPS) is 22.6. The minimum Gasteiger partial charge on any atom is -0.326 e. The lowest BCUT2D eigenvalue weighted by Crippen LogP contribution is -2.29. The summed E-state index contributed by atoms with van der Waals surface area (Å²) in [6, 6.07) is 5.48. The van der Waals surface area contributed by atoms with Crippen LogP contribution in [0.2, 0.25) is 0 Å². The molecule has 1 aromatic rings. The van der Waals surface area contributed by atoms with Crippen LogP contribution in [0.5, 0.6) is 0 Å². The van der Waals surface area contributed by atoms with Gasteiger partial charge in [0.2, 0.25) is 10.0 Å². The highest BCUT2D eigenvalue weighted by atomic mass is 32.2. The molecule has 1 saturated carbocycles. The highest BCUT2D eigenvalue weighted by molar-refractivity contribution is 7.89. The van der Waals surface area contributed by atoms with Gasteiger partial charge in [-0.25, -0.2) is 13.1 Å². The van der Waals surface area contributed by atoms with Crippen molar-refractivity contribution in [1.82, 2.24) is 4.72 Å². The van der Waals surface area contributed by atoms with E-state index in [9.17, 15) is 8.42 Å². The molecule has 1 fully saturated rings. The number of benzene rings is 1. The van der Waals surface area contributed by atoms with Crippen molar-refractivity contribution < 1.29 is 8.42 Å². The van der Waals surface area contributed by atoms with Gasteiger partial charge < -0.3 is 5.73 Å². The van der Waals surface area contributed by atoms with Crippen molar-refractivity contribution in [3.63, 3.8) is 0 Å². The van der Waals surface area contributed by atoms with E-state index in [0.29, 0.717) is 36.2 Å². The fraction of sp³-hybridized carbons (Fsp3) is 0.625. The van der Waals surface area contributed by atoms with Gasteiger partial charge in [0.1, 0.15) is 0 Å². The maximum atomic E-state index is 12.6. The van der Waals surface area contributed by atoms with E-state index < -0.39 is 10.0 Å². The zero-order valence-corrected chi connectivity index (χ0v) is 13.7. The van der Waals surface area contributed by atoms with E-state index in [2.05, 4.69) is 11.6 Å². The van der Waals surface area contributed by atoms with E-state index >= 15 is 0 Å². The van der Waals surface area contributed by atoms with Crippen LogP contribution in [0, 0.1) is 11.8 Å². The number of hydrogen-bond donors (Lipinski definition) is 2. The van der Waals surface area contributed by atoms with Crippen LogP contribution in [0.4, 0.5) is 0 Å². The number of sulfonamides is 1. The van der Waals surface area contributed by atoms with E-state index in [1.807, 2.05) is 19.1 Å². The van der Waals surface area contributed by atoms with Gasteiger partial charge in [0.05, 0.1) is 4.90 Å². The van der Waals surface area contributed by atoms with Gasteiger partial charge >= 0.3 is 0 Å². The summed E-state index contributed by atoms with van der Waals surface area (Å²) in [7, 11) is -3.45. The van der Waals surface area contributed by atoms with Crippen molar-refractivity contribution in [2.75, 3.05) is 6.54 Å². The van der Waals surface area contributed by atoms with Crippen molar-refractivity contribution in [2.24, 2.45) is 17.6 Å². The summed E-state index contributed by atoms with van der Waals surface area (Å²) in [5.41, 5.74) is 7.32. The van der Waals surface area contributed by atoms with Crippen molar-refractivity contribution in [2.45, 2.75) is 51.0 Å². The first-order valence-electron chi connectivity index (χ1n) is 7.77. The second-order valence-corrected chi connectivity index (χ2v) is 7.87. The molecule has 0 amide bonds. The zero-order valence-electron chi connectivity index (χ0n) is 12.9. The van der Waals surface area contributed by atoms with Crippen molar-refractivity contribution in [3.8, 4) is 0 Å². The molecule has 2 unspecified atom stereocenters. The van der Waals surface area contributed by atoms with Crippen molar-refractivity contribution in [3.05, 3.63) is 29.3 Å². The molecule has 3 N–H and O–H groups in total. The fourth-order valence-corrected chi connectivity index (χ4v) is 4.56. The lowest BCUT2D eigenvalue weighted by molar-refractivity contribution is 0.498. The summed E-state index contributed by atoms with van der Waals surface area (Å²) < 4.78 is 27.9. The smallest absolute Gasteiger partial charge is 0.240 e. The third kappa shape index (κ3) is 4.05. The summed E-state index contributed by atoms with van der Waals surface area (Å²) in [5, 5.41) is 0. The first-order valence-corrected chi connectivity index (χ1v) is 9.26. The number of rotatable bonds is 6. The average molecular weight is 310 g/mol. The predicted molar refractivity (Wildman–Crippen MR) is 85.4 cm³/mol. The summed E-state index contributed by atoms with van der Waals surface area (Å²) in [4.78, 5) is 0.388. The van der Waals surface area contributed by atoms with E-state index in [1.165, 1.54) is 6.42 Å². The van der Waals surface area contributed by atoms with Crippen LogP contribution in [-0.4, -0.2) is 15.0 Å². The number of hydrogen-bond acceptors (Lipinski definition) is 3. The van der Waals surface area contributed by atoms with E-state index in [4.69, 9.17) is 5.73 Å². The molecule has 0 aromatic heterocycles. The molecule has 1 aromatic carbocycles. The summed E-state index contributed by atoms with van der Waals surface area (Å²) in [5.74, 6) is 1.18. The van der Waals surface area contributed by atoms with Crippen LogP contribution in [0.1, 0.15) is 44.2 Å². The van der Waals surface area contributed by atoms with Gasteiger partial charge in [-0.1, -0.05) is 32.4 Å². The Morgan fingerprint density at radius 3 is 2.67 bits per heavy atom. The van der Waals surface area contributed by atoms with Gasteiger partial charge in [0.15, 0.2) is 0 Å². The second kappa shape index (κ2) is 6.90. The number of nitrogens with one attached hydrogen (secondary N) is 1. The van der Waals surface area contributed by atoms with Crippen LogP contribution in [-0.2, 0) is 23.0 Å². The Labute approximate surface area is 128 Å². The molecule has 1 aliphatic carbocycles. The van der Waals surface area contributed by atoms with Gasteiger partial charge in [-0.15, -0.1) is 0 Å². The molecule has 5 heteroatoms. The maximum absolute atomic E-state index is 12.6. The number of aryl methyl sites for hydroxylation is 1. The molecular weight excluding hydrogens is 284 g/mol. The molecule has 0 saturated heterocycles. The monoisotopic (exact) mass is 310 g/mol. The molecule has 0 spiro atoms. The Hall–Kier alpha value is -0.910. The Morgan fingerprint density at radius 1 is 1.33 bits per heavy atom. The summed E-state index contributed by atoms with van der Waals surface area (Å²) in [6.07, 6.45) is 4.13. The average Bonchev–Trinajstić information content (AvgIpc) is 2.90. The Morgan fingerprint density at radius 2 is 2.10 bits per heavy atom. The van der Waals surface area contributed by atoms with Crippen LogP contribution < -0.4 is 10.5 Å². The van der Waals surface area contributed by atoms with Crippen LogP contribution in [0.25, 0.3) is 0 Å². The third-order valence-corrected chi connectivity index (χ3v) is 5.91. The molecule has 21 heavy (non-hydrogen) atoms. The highest BCUT2D eigenvalue weighted by Gasteiger charge is 2.24. The minimum absolute atomic E-state index is 0.354. The molecule has 0 heterocycles. The predicted octanol–water partition coefficient (Wildman–Crippen LogP) is 2.42. The summed E-state index contributed by atoms with van der Waals surface area (Å²) >= 11 is 0. The Balaban J connectivity index is 2.14. The minimum atomic E-state index is -3.45. The van der Waals surface area contributed by atoms with Gasteiger partial charge in [-0.05, 0) is 48.3 Å². The molecule has 2 rings (SSSR count). The number of nitrogens with two attached hydrogens (primary N) is 1. The van der Waals surface area contributed by atoms with Crippen LogP contribution >= 0.6 is 0 Å². The third-order valence-electron chi connectivity index (χ3n) is 4.40. The largest absolute Gasteiger partial charge is 0.326 e. The fourth-order valence-electron chi connectivity index (χ4n) is 3.08. The SMILES string of the molecule is CCc1ccc(CN)cc1S(=O)(=O)NCC1CCC(C)C1. The van der Waals surface area contributed by atoms with Gasteiger partial charge in [0.25, 0.3) is 0 Å². The Bertz CT molecular complexity index is 584. The topological polar surface area (TPSA) is 72.2 Å². The van der Waals surface area contributed by atoms with Crippen molar-refractivity contribution >= 4 is 10.0 Å². The molecule has 2 atom stereocenters. The molecule has 0 aliphatic heterocycles. The van der Waals surface area contributed by atoms with E-state index in [1.54, 1.807) is 6.07 Å². The zero-order chi connectivity index (χ0) is 15.5. The van der Waals surface area contributed by atoms with Crippen molar-refractivity contribution in [1.29, 1.82) is 0 Å². The summed E-state index contributed by atoms with van der Waals surface area (Å²) in [6.45, 7) is 5.10. The first kappa shape index (κ1) is 16.5. The molecular formula is C16H26N2O2S. The van der Waals surface area contributed by atoms with Gasteiger partial charge in [-0.3, -0.25) is 0 Å². The van der Waals surface area contributed by atoms with E-state index in [0.717, 1.165) is 24.0 Å².